The van der Waals surface area contributed by atoms with Crippen LogP contribution in [0.15, 0.2) is 67.0 Å². The first kappa shape index (κ1) is 21.8. The Morgan fingerprint density at radius 2 is 1.97 bits per heavy atom. The van der Waals surface area contributed by atoms with Gasteiger partial charge in [-0.15, -0.1) is 0 Å². The molecule has 0 saturated heterocycles. The molecule has 3 rings (SSSR count). The van der Waals surface area contributed by atoms with Gasteiger partial charge in [0.05, 0.1) is 19.9 Å². The number of methoxy groups -OCH3 is 1. The lowest BCUT2D eigenvalue weighted by Gasteiger charge is -2.11. The van der Waals surface area contributed by atoms with E-state index in [9.17, 15) is 9.18 Å². The van der Waals surface area contributed by atoms with Gasteiger partial charge in [-0.3, -0.25) is 9.78 Å². The second-order valence-corrected chi connectivity index (χ2v) is 6.45. The van der Waals surface area contributed by atoms with Gasteiger partial charge in [-0.25, -0.2) is 4.39 Å². The van der Waals surface area contributed by atoms with E-state index in [1.54, 1.807) is 37.6 Å². The third kappa shape index (κ3) is 6.30. The fraction of sp³-hybridized carbons (Fsp3) is 0.167. The summed E-state index contributed by atoms with van der Waals surface area (Å²) in [6.07, 6.45) is 5.99. The van der Waals surface area contributed by atoms with Crippen LogP contribution in [-0.2, 0) is 11.3 Å². The number of carbonyl (C=O) groups excluding carboxylic acids is 1. The second-order valence-electron chi connectivity index (χ2n) is 6.45. The number of hydrogen-bond acceptors (Lipinski definition) is 5. The Morgan fingerprint density at radius 1 is 1.13 bits per heavy atom. The van der Waals surface area contributed by atoms with Gasteiger partial charge < -0.3 is 19.5 Å². The number of aromatic nitrogens is 1. The first-order valence-electron chi connectivity index (χ1n) is 9.72. The van der Waals surface area contributed by atoms with Gasteiger partial charge in [0.25, 0.3) is 0 Å². The van der Waals surface area contributed by atoms with Gasteiger partial charge in [0.15, 0.2) is 23.1 Å². The van der Waals surface area contributed by atoms with Crippen LogP contribution in [0.2, 0.25) is 0 Å². The Kier molecular flexibility index (Phi) is 7.59. The lowest BCUT2D eigenvalue weighted by Crippen LogP contribution is -2.20. The van der Waals surface area contributed by atoms with Gasteiger partial charge in [0.1, 0.15) is 5.75 Å². The predicted molar refractivity (Wildman–Crippen MR) is 116 cm³/mol. The van der Waals surface area contributed by atoms with Crippen molar-refractivity contribution in [3.8, 4) is 23.0 Å². The molecule has 2 aromatic carbocycles. The Morgan fingerprint density at radius 3 is 2.68 bits per heavy atom. The number of carbonyl (C=O) groups is 1. The molecule has 7 heteroatoms. The van der Waals surface area contributed by atoms with Gasteiger partial charge in [-0.05, 0) is 60.5 Å². The van der Waals surface area contributed by atoms with Gasteiger partial charge in [0, 0.05) is 18.8 Å². The number of ether oxygens (including phenoxy) is 3. The number of halogens is 1. The molecule has 0 aliphatic rings. The predicted octanol–water partition coefficient (Wildman–Crippen LogP) is 4.75. The molecule has 1 amide bonds. The zero-order chi connectivity index (χ0) is 22.1. The highest BCUT2D eigenvalue weighted by atomic mass is 19.1. The summed E-state index contributed by atoms with van der Waals surface area (Å²) in [6.45, 7) is 2.75. The summed E-state index contributed by atoms with van der Waals surface area (Å²) in [5.41, 5.74) is 1.40. The molecule has 3 aromatic rings. The van der Waals surface area contributed by atoms with Crippen LogP contribution in [0.5, 0.6) is 23.0 Å². The van der Waals surface area contributed by atoms with Crippen molar-refractivity contribution in [2.75, 3.05) is 13.7 Å². The maximum atomic E-state index is 14.3. The maximum absolute atomic E-state index is 14.3. The Labute approximate surface area is 180 Å². The fourth-order valence-corrected chi connectivity index (χ4v) is 2.75. The molecule has 0 atom stereocenters. The molecule has 160 valence electrons. The maximum Gasteiger partial charge on any atom is 0.244 e. The molecule has 1 N–H and O–H groups in total. The minimum absolute atomic E-state index is 0.0825. The van der Waals surface area contributed by atoms with Crippen molar-refractivity contribution >= 4 is 12.0 Å². The number of nitrogens with one attached hydrogen (secondary N) is 1. The Balaban J connectivity index is 1.57. The number of pyridine rings is 1. The van der Waals surface area contributed by atoms with Gasteiger partial charge in [-0.1, -0.05) is 12.1 Å². The lowest BCUT2D eigenvalue weighted by atomic mass is 10.2. The van der Waals surface area contributed by atoms with Crippen LogP contribution >= 0.6 is 0 Å². The van der Waals surface area contributed by atoms with Gasteiger partial charge in [-0.2, -0.15) is 0 Å². The topological polar surface area (TPSA) is 69.7 Å². The summed E-state index contributed by atoms with van der Waals surface area (Å²) in [5, 5.41) is 2.78. The van der Waals surface area contributed by atoms with E-state index < -0.39 is 5.82 Å². The van der Waals surface area contributed by atoms with E-state index in [1.165, 1.54) is 30.5 Å². The largest absolute Gasteiger partial charge is 0.493 e. The van der Waals surface area contributed by atoms with Gasteiger partial charge in [0.2, 0.25) is 5.91 Å². The molecular weight excluding hydrogens is 399 g/mol. The standard InChI is InChI=1S/C24H23FN2O4/c1-3-30-22-10-7-18(14-23(22)29-2)15-27-24(28)11-8-17-6-9-21(20(25)13-17)31-19-5-4-12-26-16-19/h4-14,16H,3,15H2,1-2H3,(H,27,28)/b11-8+. The average molecular weight is 422 g/mol. The summed E-state index contributed by atoms with van der Waals surface area (Å²) < 4.78 is 30.5. The smallest absolute Gasteiger partial charge is 0.244 e. The minimum Gasteiger partial charge on any atom is -0.493 e. The number of hydrogen-bond donors (Lipinski definition) is 1. The number of nitrogens with zero attached hydrogens (tertiary/aromatic N) is 1. The summed E-state index contributed by atoms with van der Waals surface area (Å²) in [6, 6.07) is 13.3. The first-order valence-corrected chi connectivity index (χ1v) is 9.72. The van der Waals surface area contributed by atoms with Crippen LogP contribution in [0.1, 0.15) is 18.1 Å². The van der Waals surface area contributed by atoms with E-state index in [-0.39, 0.29) is 11.7 Å². The van der Waals surface area contributed by atoms with Crippen LogP contribution in [0, 0.1) is 5.82 Å². The number of rotatable bonds is 9. The highest BCUT2D eigenvalue weighted by Gasteiger charge is 2.07. The molecule has 0 saturated carbocycles. The van der Waals surface area contributed by atoms with Crippen molar-refractivity contribution in [3.05, 3.63) is 83.9 Å². The van der Waals surface area contributed by atoms with E-state index in [4.69, 9.17) is 14.2 Å². The van der Waals surface area contributed by atoms with Crippen LogP contribution in [0.25, 0.3) is 6.08 Å². The fourth-order valence-electron chi connectivity index (χ4n) is 2.75. The molecule has 1 aromatic heterocycles. The molecule has 6 nitrogen and oxygen atoms in total. The van der Waals surface area contributed by atoms with Crippen molar-refractivity contribution in [1.82, 2.24) is 10.3 Å². The van der Waals surface area contributed by atoms with E-state index in [0.717, 1.165) is 5.56 Å². The normalized spacial score (nSPS) is 10.7. The van der Waals surface area contributed by atoms with Crippen molar-refractivity contribution in [2.45, 2.75) is 13.5 Å². The third-order valence-corrected chi connectivity index (χ3v) is 4.24. The molecule has 0 bridgehead atoms. The summed E-state index contributed by atoms with van der Waals surface area (Å²) in [4.78, 5) is 16.0. The van der Waals surface area contributed by atoms with E-state index >= 15 is 0 Å². The third-order valence-electron chi connectivity index (χ3n) is 4.24. The monoisotopic (exact) mass is 422 g/mol. The van der Waals surface area contributed by atoms with E-state index in [1.807, 2.05) is 19.1 Å². The molecule has 0 aliphatic heterocycles. The van der Waals surface area contributed by atoms with Crippen molar-refractivity contribution < 1.29 is 23.4 Å². The lowest BCUT2D eigenvalue weighted by molar-refractivity contribution is -0.116. The first-order chi connectivity index (χ1) is 15.1. The molecular formula is C24H23FN2O4. The number of benzene rings is 2. The average Bonchev–Trinajstić information content (AvgIpc) is 2.79. The highest BCUT2D eigenvalue weighted by molar-refractivity contribution is 5.91. The van der Waals surface area contributed by atoms with Crippen LogP contribution in [0.3, 0.4) is 0 Å². The molecule has 0 fully saturated rings. The van der Waals surface area contributed by atoms with Crippen LogP contribution in [-0.4, -0.2) is 24.6 Å². The molecule has 0 aliphatic carbocycles. The van der Waals surface area contributed by atoms with E-state index in [2.05, 4.69) is 10.3 Å². The van der Waals surface area contributed by atoms with Crippen molar-refractivity contribution in [3.63, 3.8) is 0 Å². The highest BCUT2D eigenvalue weighted by Crippen LogP contribution is 2.28. The summed E-state index contributed by atoms with van der Waals surface area (Å²) in [7, 11) is 1.56. The summed E-state index contributed by atoms with van der Waals surface area (Å²) in [5.74, 6) is 0.942. The number of amides is 1. The Bertz CT molecular complexity index is 1050. The molecule has 0 unspecified atom stereocenters. The van der Waals surface area contributed by atoms with Crippen LogP contribution < -0.4 is 19.5 Å². The zero-order valence-corrected chi connectivity index (χ0v) is 17.3. The quantitative estimate of drug-likeness (QED) is 0.504. The minimum atomic E-state index is -0.534. The zero-order valence-electron chi connectivity index (χ0n) is 17.3. The SMILES string of the molecule is CCOc1ccc(CNC(=O)/C=C/c2ccc(Oc3cccnc3)c(F)c2)cc1OC. The second kappa shape index (κ2) is 10.8. The van der Waals surface area contributed by atoms with Crippen molar-refractivity contribution in [2.24, 2.45) is 0 Å². The summed E-state index contributed by atoms with van der Waals surface area (Å²) >= 11 is 0. The molecule has 0 radical (unpaired) electrons. The van der Waals surface area contributed by atoms with E-state index in [0.29, 0.717) is 36.0 Å². The molecule has 0 spiro atoms. The molecule has 1 heterocycles. The Hall–Kier alpha value is -3.87. The van der Waals surface area contributed by atoms with Gasteiger partial charge >= 0.3 is 0 Å². The molecule has 31 heavy (non-hydrogen) atoms. The van der Waals surface area contributed by atoms with Crippen molar-refractivity contribution in [1.29, 1.82) is 0 Å². The van der Waals surface area contributed by atoms with Crippen LogP contribution in [0.4, 0.5) is 4.39 Å².